The monoisotopic (exact) mass is 480 g/mol. The molecule has 3 aromatic rings. The smallest absolute Gasteiger partial charge is 0.387 e. The second-order valence-electron chi connectivity index (χ2n) is 9.00. The van der Waals surface area contributed by atoms with Gasteiger partial charge in [-0.15, -0.1) is 0 Å². The molecule has 1 saturated carbocycles. The summed E-state index contributed by atoms with van der Waals surface area (Å²) in [5.41, 5.74) is 1.48. The van der Waals surface area contributed by atoms with Crippen molar-refractivity contribution in [1.82, 2.24) is 20.2 Å². The molecule has 2 amide bonds. The van der Waals surface area contributed by atoms with Gasteiger partial charge >= 0.3 is 6.61 Å². The largest absolute Gasteiger partial charge is 0.435 e. The van der Waals surface area contributed by atoms with Crippen LogP contribution in [0.4, 0.5) is 8.78 Å². The Morgan fingerprint density at radius 2 is 1.83 bits per heavy atom. The molecular weight excluding hydrogens is 454 g/mol. The standard InChI is InChI=1S/C26H26F2N4O3/c27-25(28)35-19-10-7-18(8-11-19)23(33)31-26(13-3-4-14-26)24(34)30-20-12-9-17-5-1-2-6-21(17)32-16-15-29-22(20)32/h1-2,5-8,10-11,15-16,20,25H,3-4,9,12-14H2,(H,30,34)(H,31,33)/t20-/m1/s1. The van der Waals surface area contributed by atoms with Gasteiger partial charge in [-0.1, -0.05) is 31.0 Å². The van der Waals surface area contributed by atoms with Crippen LogP contribution in [0.3, 0.4) is 0 Å². The van der Waals surface area contributed by atoms with E-state index >= 15 is 0 Å². The molecule has 2 aromatic carbocycles. The lowest BCUT2D eigenvalue weighted by Crippen LogP contribution is -2.57. The van der Waals surface area contributed by atoms with Crippen LogP contribution in [0.2, 0.25) is 0 Å². The van der Waals surface area contributed by atoms with E-state index in [-0.39, 0.29) is 23.3 Å². The number of nitrogens with zero attached hydrogens (tertiary/aromatic N) is 2. The number of imidazole rings is 1. The number of aryl methyl sites for hydroxylation is 1. The van der Waals surface area contributed by atoms with Crippen LogP contribution in [0.15, 0.2) is 60.9 Å². The molecule has 182 valence electrons. The summed E-state index contributed by atoms with van der Waals surface area (Å²) in [5, 5.41) is 6.11. The number of benzene rings is 2. The quantitative estimate of drug-likeness (QED) is 0.550. The first kappa shape index (κ1) is 23.0. The zero-order valence-corrected chi connectivity index (χ0v) is 19.0. The van der Waals surface area contributed by atoms with Crippen LogP contribution >= 0.6 is 0 Å². The lowest BCUT2D eigenvalue weighted by molar-refractivity contribution is -0.128. The zero-order valence-electron chi connectivity index (χ0n) is 19.0. The van der Waals surface area contributed by atoms with Crippen molar-refractivity contribution in [3.05, 3.63) is 77.9 Å². The Balaban J connectivity index is 1.33. The highest BCUT2D eigenvalue weighted by Gasteiger charge is 2.43. The van der Waals surface area contributed by atoms with Crippen molar-refractivity contribution >= 4 is 11.8 Å². The molecule has 5 rings (SSSR count). The second-order valence-corrected chi connectivity index (χ2v) is 9.00. The number of fused-ring (bicyclic) bond motifs is 3. The van der Waals surface area contributed by atoms with Gasteiger partial charge in [0, 0.05) is 23.6 Å². The van der Waals surface area contributed by atoms with Crippen LogP contribution < -0.4 is 15.4 Å². The average Bonchev–Trinajstić information content (AvgIpc) is 3.50. The van der Waals surface area contributed by atoms with E-state index in [1.54, 1.807) is 6.20 Å². The van der Waals surface area contributed by atoms with E-state index in [4.69, 9.17) is 0 Å². The van der Waals surface area contributed by atoms with E-state index in [1.807, 2.05) is 29.0 Å². The van der Waals surface area contributed by atoms with Crippen molar-refractivity contribution < 1.29 is 23.1 Å². The van der Waals surface area contributed by atoms with Crippen LogP contribution in [0.25, 0.3) is 5.69 Å². The van der Waals surface area contributed by atoms with Crippen molar-refractivity contribution in [1.29, 1.82) is 0 Å². The number of para-hydroxylation sites is 1. The van der Waals surface area contributed by atoms with Gasteiger partial charge in [-0.25, -0.2) is 4.98 Å². The first-order valence-electron chi connectivity index (χ1n) is 11.8. The Kier molecular flexibility index (Phi) is 6.23. The molecule has 35 heavy (non-hydrogen) atoms. The van der Waals surface area contributed by atoms with Crippen LogP contribution in [0.1, 0.15) is 59.9 Å². The number of hydrogen-bond donors (Lipinski definition) is 2. The molecule has 0 unspecified atom stereocenters. The number of amides is 2. The Labute approximate surface area is 201 Å². The van der Waals surface area contributed by atoms with Gasteiger partial charge in [0.1, 0.15) is 17.1 Å². The molecule has 0 spiro atoms. The molecular formula is C26H26F2N4O3. The predicted octanol–water partition coefficient (Wildman–Crippen LogP) is 4.32. The molecule has 1 aromatic heterocycles. The molecule has 0 bridgehead atoms. The summed E-state index contributed by atoms with van der Waals surface area (Å²) in [6.45, 7) is -2.94. The molecule has 1 aliphatic carbocycles. The van der Waals surface area contributed by atoms with Crippen LogP contribution in [0, 0.1) is 0 Å². The van der Waals surface area contributed by atoms with Crippen molar-refractivity contribution in [2.24, 2.45) is 0 Å². The average molecular weight is 481 g/mol. The fourth-order valence-electron chi connectivity index (χ4n) is 5.06. The molecule has 1 fully saturated rings. The summed E-state index contributed by atoms with van der Waals surface area (Å²) in [6, 6.07) is 13.3. The molecule has 9 heteroatoms. The Hall–Kier alpha value is -3.75. The van der Waals surface area contributed by atoms with Gasteiger partial charge < -0.3 is 19.9 Å². The summed E-state index contributed by atoms with van der Waals surface area (Å²) in [6.07, 6.45) is 7.79. The van der Waals surface area contributed by atoms with Crippen LogP contribution in [-0.2, 0) is 11.2 Å². The van der Waals surface area contributed by atoms with Gasteiger partial charge in [-0.05, 0) is 61.6 Å². The van der Waals surface area contributed by atoms with E-state index in [0.29, 0.717) is 19.3 Å². The first-order valence-corrected chi connectivity index (χ1v) is 11.8. The highest BCUT2D eigenvalue weighted by molar-refractivity contribution is 5.99. The zero-order chi connectivity index (χ0) is 24.4. The number of nitrogens with one attached hydrogen (secondary N) is 2. The minimum absolute atomic E-state index is 0.0327. The van der Waals surface area contributed by atoms with Gasteiger partial charge in [-0.3, -0.25) is 9.59 Å². The lowest BCUT2D eigenvalue weighted by Gasteiger charge is -2.31. The first-order chi connectivity index (χ1) is 16.9. The molecule has 0 saturated heterocycles. The number of halogens is 2. The second kappa shape index (κ2) is 9.48. The minimum Gasteiger partial charge on any atom is -0.435 e. The third kappa shape index (κ3) is 4.62. The van der Waals surface area contributed by atoms with Crippen molar-refractivity contribution in [3.63, 3.8) is 0 Å². The minimum atomic E-state index is -2.94. The topological polar surface area (TPSA) is 85.3 Å². The van der Waals surface area contributed by atoms with Gasteiger partial charge in [-0.2, -0.15) is 8.78 Å². The molecule has 7 nitrogen and oxygen atoms in total. The normalized spacial score (nSPS) is 18.3. The Morgan fingerprint density at radius 1 is 1.09 bits per heavy atom. The van der Waals surface area contributed by atoms with E-state index in [2.05, 4.69) is 26.4 Å². The maximum Gasteiger partial charge on any atom is 0.387 e. The fourth-order valence-corrected chi connectivity index (χ4v) is 5.06. The van der Waals surface area contributed by atoms with Crippen molar-refractivity contribution in [2.45, 2.75) is 56.7 Å². The van der Waals surface area contributed by atoms with Gasteiger partial charge in [0.2, 0.25) is 5.91 Å². The number of carbonyl (C=O) groups excluding carboxylic acids is 2. The Morgan fingerprint density at radius 3 is 2.57 bits per heavy atom. The SMILES string of the molecule is O=C(NC1(C(=O)N[C@@H]2CCc3ccccc3-n3ccnc32)CCCC1)c1ccc(OC(F)F)cc1. The number of carbonyl (C=O) groups is 2. The van der Waals surface area contributed by atoms with E-state index in [9.17, 15) is 18.4 Å². The van der Waals surface area contributed by atoms with E-state index < -0.39 is 18.1 Å². The predicted molar refractivity (Wildman–Crippen MR) is 125 cm³/mol. The summed E-state index contributed by atoms with van der Waals surface area (Å²) < 4.78 is 31.2. The van der Waals surface area contributed by atoms with E-state index in [0.717, 1.165) is 30.8 Å². The molecule has 0 radical (unpaired) electrons. The highest BCUT2D eigenvalue weighted by atomic mass is 19.3. The van der Waals surface area contributed by atoms with Gasteiger partial charge in [0.15, 0.2) is 0 Å². The number of ether oxygens (including phenoxy) is 1. The third-order valence-corrected chi connectivity index (χ3v) is 6.83. The maximum absolute atomic E-state index is 13.6. The number of alkyl halides is 2. The number of hydrogen-bond acceptors (Lipinski definition) is 4. The third-order valence-electron chi connectivity index (χ3n) is 6.83. The maximum atomic E-state index is 13.6. The van der Waals surface area contributed by atoms with Crippen molar-refractivity contribution in [2.75, 3.05) is 0 Å². The van der Waals surface area contributed by atoms with Crippen molar-refractivity contribution in [3.8, 4) is 11.4 Å². The molecule has 1 atom stereocenters. The molecule has 1 aliphatic heterocycles. The molecule has 2 N–H and O–H groups in total. The summed E-state index contributed by atoms with van der Waals surface area (Å²) in [7, 11) is 0. The van der Waals surface area contributed by atoms with Gasteiger partial charge in [0.25, 0.3) is 5.91 Å². The Bertz CT molecular complexity index is 1220. The van der Waals surface area contributed by atoms with E-state index in [1.165, 1.54) is 29.8 Å². The summed E-state index contributed by atoms with van der Waals surface area (Å²) >= 11 is 0. The molecule has 2 aliphatic rings. The van der Waals surface area contributed by atoms with Crippen LogP contribution in [0.5, 0.6) is 5.75 Å². The summed E-state index contributed by atoms with van der Waals surface area (Å²) in [5.74, 6) is 0.0686. The highest BCUT2D eigenvalue weighted by Crippen LogP contribution is 2.33. The lowest BCUT2D eigenvalue weighted by atomic mass is 9.94. The number of aromatic nitrogens is 2. The summed E-state index contributed by atoms with van der Waals surface area (Å²) in [4.78, 5) is 31.2. The van der Waals surface area contributed by atoms with Crippen LogP contribution in [-0.4, -0.2) is 33.5 Å². The number of rotatable bonds is 6. The van der Waals surface area contributed by atoms with Gasteiger partial charge in [0.05, 0.1) is 6.04 Å². The molecule has 2 heterocycles. The fraction of sp³-hybridized carbons (Fsp3) is 0.346.